The van der Waals surface area contributed by atoms with E-state index < -0.39 is 5.97 Å². The molecule has 144 valence electrons. The van der Waals surface area contributed by atoms with Crippen molar-refractivity contribution in [2.75, 3.05) is 13.1 Å². The van der Waals surface area contributed by atoms with Gasteiger partial charge in [-0.1, -0.05) is 25.7 Å². The minimum Gasteiger partial charge on any atom is -0.480 e. The summed E-state index contributed by atoms with van der Waals surface area (Å²) in [5.41, 5.74) is 0. The average Bonchev–Trinajstić information content (AvgIpc) is 2.56. The molecule has 0 spiro atoms. The van der Waals surface area contributed by atoms with E-state index >= 15 is 0 Å². The van der Waals surface area contributed by atoms with Gasteiger partial charge >= 0.3 is 12.0 Å². The van der Waals surface area contributed by atoms with Crippen LogP contribution in [-0.2, 0) is 9.59 Å². The maximum Gasteiger partial charge on any atom is 0.323 e. The number of carbonyl (C=O) groups excluding carboxylic acids is 2. The third kappa shape index (κ3) is 9.31. The molecule has 0 saturated heterocycles. The third-order valence-corrected chi connectivity index (χ3v) is 4.54. The maximum atomic E-state index is 12.1. The summed E-state index contributed by atoms with van der Waals surface area (Å²) < 4.78 is 0. The van der Waals surface area contributed by atoms with E-state index in [4.69, 9.17) is 5.11 Å². The molecular weight excluding hydrogens is 322 g/mol. The summed E-state index contributed by atoms with van der Waals surface area (Å²) in [5, 5.41) is 14.7. The number of carboxylic acid groups (broad SMARTS) is 1. The summed E-state index contributed by atoms with van der Waals surface area (Å²) in [4.78, 5) is 36.0. The topological polar surface area (TPSA) is 98.7 Å². The van der Waals surface area contributed by atoms with Gasteiger partial charge in [-0.05, 0) is 39.5 Å². The van der Waals surface area contributed by atoms with Crippen LogP contribution in [0.3, 0.4) is 0 Å². The van der Waals surface area contributed by atoms with Gasteiger partial charge in [0.1, 0.15) is 6.54 Å². The van der Waals surface area contributed by atoms with Crippen LogP contribution in [-0.4, -0.2) is 53.1 Å². The molecular formula is C18H33N3O4. The van der Waals surface area contributed by atoms with Crippen LogP contribution in [0.15, 0.2) is 0 Å². The van der Waals surface area contributed by atoms with E-state index in [0.717, 1.165) is 25.7 Å². The van der Waals surface area contributed by atoms with Crippen molar-refractivity contribution in [3.05, 3.63) is 0 Å². The number of rotatable bonds is 10. The smallest absolute Gasteiger partial charge is 0.323 e. The molecule has 3 amide bonds. The molecule has 0 aromatic rings. The van der Waals surface area contributed by atoms with Gasteiger partial charge in [0.15, 0.2) is 0 Å². The van der Waals surface area contributed by atoms with E-state index in [2.05, 4.69) is 10.6 Å². The summed E-state index contributed by atoms with van der Waals surface area (Å²) in [5.74, 6) is -1.12. The van der Waals surface area contributed by atoms with Crippen LogP contribution in [0.4, 0.5) is 4.79 Å². The van der Waals surface area contributed by atoms with Gasteiger partial charge in [0.2, 0.25) is 5.91 Å². The van der Waals surface area contributed by atoms with Crippen LogP contribution in [0.5, 0.6) is 0 Å². The molecule has 1 rings (SSSR count). The first-order valence-corrected chi connectivity index (χ1v) is 9.45. The van der Waals surface area contributed by atoms with Crippen LogP contribution in [0, 0.1) is 0 Å². The molecule has 3 N–H and O–H groups in total. The normalized spacial score (nSPS) is 15.0. The van der Waals surface area contributed by atoms with Gasteiger partial charge in [0, 0.05) is 25.0 Å². The number of carboxylic acids is 1. The SMILES string of the molecule is CC(C)N(CC(=O)O)C(=O)CCCCCNC(=O)NC1CCCCC1. The summed E-state index contributed by atoms with van der Waals surface area (Å²) in [6.07, 6.45) is 8.46. The number of amides is 3. The van der Waals surface area contributed by atoms with E-state index in [0.29, 0.717) is 25.4 Å². The van der Waals surface area contributed by atoms with Gasteiger partial charge in [0.25, 0.3) is 0 Å². The van der Waals surface area contributed by atoms with E-state index in [1.807, 2.05) is 13.8 Å². The zero-order valence-electron chi connectivity index (χ0n) is 15.6. The number of unbranched alkanes of at least 4 members (excludes halogenated alkanes) is 2. The number of aliphatic carboxylic acids is 1. The van der Waals surface area contributed by atoms with Crippen LogP contribution >= 0.6 is 0 Å². The van der Waals surface area contributed by atoms with Crippen molar-refractivity contribution in [1.82, 2.24) is 15.5 Å². The van der Waals surface area contributed by atoms with Crippen LogP contribution < -0.4 is 10.6 Å². The number of hydrogen-bond acceptors (Lipinski definition) is 3. The highest BCUT2D eigenvalue weighted by Crippen LogP contribution is 2.17. The molecule has 25 heavy (non-hydrogen) atoms. The Hall–Kier alpha value is -1.79. The molecule has 0 radical (unpaired) electrons. The summed E-state index contributed by atoms with van der Waals surface area (Å²) >= 11 is 0. The number of nitrogens with zero attached hydrogens (tertiary/aromatic N) is 1. The molecule has 0 bridgehead atoms. The molecule has 7 heteroatoms. The quantitative estimate of drug-likeness (QED) is 0.524. The van der Waals surface area contributed by atoms with Crippen molar-refractivity contribution in [3.63, 3.8) is 0 Å². The fraction of sp³-hybridized carbons (Fsp3) is 0.833. The van der Waals surface area contributed by atoms with Crippen molar-refractivity contribution in [2.45, 2.75) is 83.7 Å². The Bertz CT molecular complexity index is 434. The first-order chi connectivity index (χ1) is 11.9. The monoisotopic (exact) mass is 355 g/mol. The first kappa shape index (κ1) is 21.3. The second-order valence-corrected chi connectivity index (χ2v) is 7.05. The molecule has 7 nitrogen and oxygen atoms in total. The fourth-order valence-corrected chi connectivity index (χ4v) is 3.11. The predicted octanol–water partition coefficient (Wildman–Crippen LogP) is 2.50. The van der Waals surface area contributed by atoms with Crippen LogP contribution in [0.1, 0.15) is 71.6 Å². The number of carbonyl (C=O) groups is 3. The Labute approximate surface area is 150 Å². The van der Waals surface area contributed by atoms with Gasteiger partial charge in [-0.25, -0.2) is 4.79 Å². The van der Waals surface area contributed by atoms with E-state index in [1.54, 1.807) is 0 Å². The van der Waals surface area contributed by atoms with Crippen molar-refractivity contribution in [2.24, 2.45) is 0 Å². The maximum absolute atomic E-state index is 12.1. The highest BCUT2D eigenvalue weighted by atomic mass is 16.4. The number of urea groups is 1. The number of hydrogen-bond donors (Lipinski definition) is 3. The summed E-state index contributed by atoms with van der Waals surface area (Å²) in [7, 11) is 0. The Morgan fingerprint density at radius 1 is 1.08 bits per heavy atom. The fourth-order valence-electron chi connectivity index (χ4n) is 3.11. The molecule has 0 unspecified atom stereocenters. The largest absolute Gasteiger partial charge is 0.480 e. The second-order valence-electron chi connectivity index (χ2n) is 7.05. The van der Waals surface area contributed by atoms with Gasteiger partial charge in [-0.2, -0.15) is 0 Å². The molecule has 1 aliphatic rings. The van der Waals surface area contributed by atoms with Gasteiger partial charge in [-0.15, -0.1) is 0 Å². The highest BCUT2D eigenvalue weighted by molar-refractivity contribution is 5.81. The van der Waals surface area contributed by atoms with E-state index in [9.17, 15) is 14.4 Å². The third-order valence-electron chi connectivity index (χ3n) is 4.54. The lowest BCUT2D eigenvalue weighted by Gasteiger charge is -2.24. The number of nitrogens with one attached hydrogen (secondary N) is 2. The van der Waals surface area contributed by atoms with Gasteiger partial charge in [0.05, 0.1) is 0 Å². The molecule has 0 aromatic heterocycles. The van der Waals surface area contributed by atoms with Crippen LogP contribution in [0.2, 0.25) is 0 Å². The molecule has 0 atom stereocenters. The molecule has 1 fully saturated rings. The highest BCUT2D eigenvalue weighted by Gasteiger charge is 2.19. The molecule has 1 saturated carbocycles. The van der Waals surface area contributed by atoms with Crippen LogP contribution in [0.25, 0.3) is 0 Å². The predicted molar refractivity (Wildman–Crippen MR) is 96.4 cm³/mol. The first-order valence-electron chi connectivity index (χ1n) is 9.45. The Morgan fingerprint density at radius 2 is 1.76 bits per heavy atom. The lowest BCUT2D eigenvalue weighted by Crippen LogP contribution is -2.43. The van der Waals surface area contributed by atoms with Crippen molar-refractivity contribution < 1.29 is 19.5 Å². The van der Waals surface area contributed by atoms with E-state index in [1.165, 1.54) is 24.2 Å². The lowest BCUT2D eigenvalue weighted by molar-refractivity contribution is -0.145. The molecule has 0 aromatic carbocycles. The van der Waals surface area contributed by atoms with Gasteiger partial charge < -0.3 is 20.6 Å². The van der Waals surface area contributed by atoms with Crippen molar-refractivity contribution >= 4 is 17.9 Å². The van der Waals surface area contributed by atoms with Crippen molar-refractivity contribution in [1.29, 1.82) is 0 Å². The summed E-state index contributed by atoms with van der Waals surface area (Å²) in [6.45, 7) is 3.97. The Kier molecular flexibility index (Phi) is 9.96. The van der Waals surface area contributed by atoms with E-state index in [-0.39, 0.29) is 24.5 Å². The second kappa shape index (κ2) is 11.7. The zero-order valence-corrected chi connectivity index (χ0v) is 15.6. The zero-order chi connectivity index (χ0) is 18.7. The summed E-state index contributed by atoms with van der Waals surface area (Å²) in [6, 6.07) is 0.0896. The minimum absolute atomic E-state index is 0.101. The molecule has 1 aliphatic carbocycles. The minimum atomic E-state index is -0.991. The molecule has 0 heterocycles. The average molecular weight is 355 g/mol. The Balaban J connectivity index is 2.09. The molecule has 0 aliphatic heterocycles. The van der Waals surface area contributed by atoms with Crippen molar-refractivity contribution in [3.8, 4) is 0 Å². The standard InChI is InChI=1S/C18H33N3O4/c1-14(2)21(13-17(23)24)16(22)11-7-4-8-12-19-18(25)20-15-9-5-3-6-10-15/h14-15H,3-13H2,1-2H3,(H,23,24)(H2,19,20,25). The van der Waals surface area contributed by atoms with Gasteiger partial charge in [-0.3, -0.25) is 9.59 Å². The lowest BCUT2D eigenvalue weighted by atomic mass is 9.96. The Morgan fingerprint density at radius 3 is 2.36 bits per heavy atom.